The molecule has 44 valence electrons. The van der Waals surface area contributed by atoms with Crippen molar-refractivity contribution in [3.8, 4) is 0 Å². The van der Waals surface area contributed by atoms with E-state index in [9.17, 15) is 0 Å². The Morgan fingerprint density at radius 1 is 1.75 bits per heavy atom. The lowest BCUT2D eigenvalue weighted by Crippen LogP contribution is -1.80. The molecule has 0 aromatic rings. The molecule has 0 aromatic heterocycles. The highest BCUT2D eigenvalue weighted by Gasteiger charge is 1.75. The highest BCUT2D eigenvalue weighted by Crippen LogP contribution is 1.97. The maximum atomic E-state index is 5.12. The van der Waals surface area contributed by atoms with Crippen molar-refractivity contribution in [1.82, 2.24) is 0 Å². The van der Waals surface area contributed by atoms with Crippen LogP contribution in [0.3, 0.4) is 0 Å². The van der Waals surface area contributed by atoms with E-state index < -0.39 is 0 Å². The molecule has 0 aromatic carbocycles. The maximum Gasteiger partial charge on any atom is 0.0467 e. The molecule has 0 bridgehead atoms. The van der Waals surface area contributed by atoms with Crippen LogP contribution in [0.15, 0.2) is 27.6 Å². The molecule has 2 N–H and O–H groups in total. The van der Waals surface area contributed by atoms with Gasteiger partial charge in [-0.3, -0.25) is 4.99 Å². The Labute approximate surface area is 62.3 Å². The fourth-order valence-corrected chi connectivity index (χ4v) is 0.328. The summed E-state index contributed by atoms with van der Waals surface area (Å²) in [7, 11) is 0. The topological polar surface area (TPSA) is 38.4 Å². The molecular formula is C5H7IN2. The van der Waals surface area contributed by atoms with Crippen molar-refractivity contribution in [2.75, 3.05) is 0 Å². The van der Waals surface area contributed by atoms with Gasteiger partial charge < -0.3 is 5.73 Å². The van der Waals surface area contributed by atoms with Crippen LogP contribution in [-0.2, 0) is 0 Å². The fourth-order valence-electron chi connectivity index (χ4n) is 0.167. The number of hydrogen-bond donors (Lipinski definition) is 1. The Morgan fingerprint density at radius 2 is 2.38 bits per heavy atom. The van der Waals surface area contributed by atoms with Gasteiger partial charge in [0.05, 0.1) is 0 Å². The van der Waals surface area contributed by atoms with Crippen LogP contribution in [0.1, 0.15) is 0 Å². The number of aliphatic imine (C=N–C) groups is 1. The SMILES string of the molecule is C=CN=C/C(I)=C\N. The van der Waals surface area contributed by atoms with Crippen molar-refractivity contribution >= 4 is 28.8 Å². The second kappa shape index (κ2) is 4.83. The molecule has 8 heavy (non-hydrogen) atoms. The Balaban J connectivity index is 3.69. The van der Waals surface area contributed by atoms with E-state index in [1.54, 1.807) is 6.21 Å². The van der Waals surface area contributed by atoms with E-state index in [0.29, 0.717) is 0 Å². The molecule has 0 aliphatic rings. The summed E-state index contributed by atoms with van der Waals surface area (Å²) < 4.78 is 0.905. The maximum absolute atomic E-state index is 5.12. The number of allylic oxidation sites excluding steroid dienone is 1. The van der Waals surface area contributed by atoms with E-state index in [1.807, 2.05) is 0 Å². The van der Waals surface area contributed by atoms with Gasteiger partial charge in [0.1, 0.15) is 0 Å². The van der Waals surface area contributed by atoms with Crippen LogP contribution >= 0.6 is 22.6 Å². The summed E-state index contributed by atoms with van der Waals surface area (Å²) >= 11 is 2.07. The van der Waals surface area contributed by atoms with Crippen molar-refractivity contribution < 1.29 is 0 Å². The molecule has 3 heteroatoms. The van der Waals surface area contributed by atoms with E-state index in [1.165, 1.54) is 12.4 Å². The summed E-state index contributed by atoms with van der Waals surface area (Å²) in [6.45, 7) is 3.40. The van der Waals surface area contributed by atoms with Crippen LogP contribution in [0, 0.1) is 0 Å². The molecule has 0 aliphatic heterocycles. The van der Waals surface area contributed by atoms with Crippen LogP contribution < -0.4 is 5.73 Å². The van der Waals surface area contributed by atoms with Crippen LogP contribution in [0.2, 0.25) is 0 Å². The third kappa shape index (κ3) is 3.86. The zero-order valence-electron chi connectivity index (χ0n) is 4.34. The van der Waals surface area contributed by atoms with Crippen LogP contribution in [0.4, 0.5) is 0 Å². The quantitative estimate of drug-likeness (QED) is 0.557. The molecule has 2 nitrogen and oxygen atoms in total. The molecule has 0 spiro atoms. The third-order valence-electron chi connectivity index (χ3n) is 0.462. The molecule has 0 aliphatic carbocycles. The number of hydrogen-bond acceptors (Lipinski definition) is 2. The summed E-state index contributed by atoms with van der Waals surface area (Å²) in [6, 6.07) is 0. The van der Waals surface area contributed by atoms with Crippen molar-refractivity contribution in [2.24, 2.45) is 10.7 Å². The van der Waals surface area contributed by atoms with Gasteiger partial charge >= 0.3 is 0 Å². The lowest BCUT2D eigenvalue weighted by Gasteiger charge is -1.79. The summed E-state index contributed by atoms with van der Waals surface area (Å²) in [5.74, 6) is 0. The molecule has 0 fully saturated rings. The first kappa shape index (κ1) is 7.68. The van der Waals surface area contributed by atoms with E-state index >= 15 is 0 Å². The zero-order valence-corrected chi connectivity index (χ0v) is 6.50. The normalized spacial score (nSPS) is 12.4. The predicted octanol–water partition coefficient (Wildman–Crippen LogP) is 1.44. The van der Waals surface area contributed by atoms with Crippen molar-refractivity contribution in [2.45, 2.75) is 0 Å². The highest BCUT2D eigenvalue weighted by molar-refractivity contribution is 14.1. The summed E-state index contributed by atoms with van der Waals surface area (Å²) in [6.07, 6.45) is 4.57. The Kier molecular flexibility index (Phi) is 4.64. The number of nitrogens with zero attached hydrogens (tertiary/aromatic N) is 1. The van der Waals surface area contributed by atoms with E-state index in [-0.39, 0.29) is 0 Å². The van der Waals surface area contributed by atoms with Gasteiger partial charge in [-0.15, -0.1) is 0 Å². The van der Waals surface area contributed by atoms with Gasteiger partial charge in [0.25, 0.3) is 0 Å². The Hall–Kier alpha value is -0.320. The van der Waals surface area contributed by atoms with Crippen LogP contribution in [-0.4, -0.2) is 6.21 Å². The largest absolute Gasteiger partial charge is 0.404 e. The molecule has 0 unspecified atom stereocenters. The fraction of sp³-hybridized carbons (Fsp3) is 0. The number of rotatable bonds is 2. The first-order valence-corrected chi connectivity index (χ1v) is 3.10. The number of halogens is 1. The van der Waals surface area contributed by atoms with Gasteiger partial charge in [0.15, 0.2) is 0 Å². The van der Waals surface area contributed by atoms with Gasteiger partial charge in [-0.2, -0.15) is 0 Å². The van der Waals surface area contributed by atoms with E-state index in [2.05, 4.69) is 34.2 Å². The first-order chi connectivity index (χ1) is 3.81. The zero-order chi connectivity index (χ0) is 6.41. The average Bonchev–Trinajstić information content (AvgIpc) is 1.83. The molecule has 0 saturated heterocycles. The van der Waals surface area contributed by atoms with Crippen molar-refractivity contribution in [3.63, 3.8) is 0 Å². The minimum atomic E-state index is 0.905. The minimum absolute atomic E-state index is 0.905. The average molecular weight is 222 g/mol. The second-order valence-corrected chi connectivity index (χ2v) is 2.26. The van der Waals surface area contributed by atoms with E-state index in [0.717, 1.165) is 3.58 Å². The standard InChI is InChI=1S/C5H7IN2/c1-2-8-4-5(6)3-7/h2-4H,1,7H2/b5-3+,8-4?. The van der Waals surface area contributed by atoms with Crippen LogP contribution in [0.5, 0.6) is 0 Å². The van der Waals surface area contributed by atoms with Gasteiger partial charge in [0, 0.05) is 22.2 Å². The molecule has 0 radical (unpaired) electrons. The monoisotopic (exact) mass is 222 g/mol. The predicted molar refractivity (Wildman–Crippen MR) is 45.0 cm³/mol. The van der Waals surface area contributed by atoms with Crippen molar-refractivity contribution in [1.29, 1.82) is 0 Å². The Morgan fingerprint density at radius 3 is 2.75 bits per heavy atom. The molecule has 0 saturated carbocycles. The molecule has 0 atom stereocenters. The van der Waals surface area contributed by atoms with Crippen LogP contribution in [0.25, 0.3) is 0 Å². The molecule has 0 amide bonds. The highest BCUT2D eigenvalue weighted by atomic mass is 127. The third-order valence-corrected chi connectivity index (χ3v) is 1.10. The van der Waals surface area contributed by atoms with Gasteiger partial charge in [0.2, 0.25) is 0 Å². The lowest BCUT2D eigenvalue weighted by molar-refractivity contribution is 1.59. The van der Waals surface area contributed by atoms with E-state index in [4.69, 9.17) is 5.73 Å². The lowest BCUT2D eigenvalue weighted by atomic mass is 10.7. The smallest absolute Gasteiger partial charge is 0.0467 e. The summed E-state index contributed by atoms with van der Waals surface area (Å²) in [5.41, 5.74) is 5.12. The van der Waals surface area contributed by atoms with Gasteiger partial charge in [-0.05, 0) is 22.6 Å². The summed E-state index contributed by atoms with van der Waals surface area (Å²) in [4.78, 5) is 3.73. The summed E-state index contributed by atoms with van der Waals surface area (Å²) in [5, 5.41) is 0. The minimum Gasteiger partial charge on any atom is -0.404 e. The number of nitrogens with two attached hydrogens (primary N) is 1. The Bertz CT molecular complexity index is 126. The molecular weight excluding hydrogens is 215 g/mol. The first-order valence-electron chi connectivity index (χ1n) is 2.02. The van der Waals surface area contributed by atoms with Gasteiger partial charge in [-0.1, -0.05) is 6.58 Å². The van der Waals surface area contributed by atoms with Gasteiger partial charge in [-0.25, -0.2) is 0 Å². The molecule has 0 heterocycles. The second-order valence-electron chi connectivity index (χ2n) is 1.01. The molecule has 0 rings (SSSR count). The van der Waals surface area contributed by atoms with Crippen molar-refractivity contribution in [3.05, 3.63) is 22.6 Å².